The van der Waals surface area contributed by atoms with E-state index in [-0.39, 0.29) is 16.3 Å². The Morgan fingerprint density at radius 3 is 2.20 bits per heavy atom. The quantitative estimate of drug-likeness (QED) is 0.882. The molecule has 0 aliphatic heterocycles. The van der Waals surface area contributed by atoms with Crippen molar-refractivity contribution in [2.24, 2.45) is 0 Å². The molecule has 2 aromatic carbocycles. The second-order valence-corrected chi connectivity index (χ2v) is 6.60. The van der Waals surface area contributed by atoms with Crippen molar-refractivity contribution >= 4 is 15.5 Å². The Labute approximate surface area is 118 Å². The molecule has 0 aromatic heterocycles. The first-order chi connectivity index (χ1) is 9.42. The average molecular weight is 293 g/mol. The molecule has 106 valence electrons. The Bertz CT molecular complexity index is 709. The zero-order chi connectivity index (χ0) is 14.8. The van der Waals surface area contributed by atoms with Gasteiger partial charge in [0.2, 0.25) is 0 Å². The van der Waals surface area contributed by atoms with E-state index in [1.54, 1.807) is 12.1 Å². The van der Waals surface area contributed by atoms with Crippen molar-refractivity contribution in [3.8, 4) is 0 Å². The Morgan fingerprint density at radius 1 is 1.05 bits per heavy atom. The molecule has 0 heterocycles. The highest BCUT2D eigenvalue weighted by Crippen LogP contribution is 2.20. The number of benzene rings is 2. The number of sulfone groups is 1. The highest BCUT2D eigenvalue weighted by atomic mass is 32.2. The lowest BCUT2D eigenvalue weighted by Crippen LogP contribution is -2.06. The third kappa shape index (κ3) is 3.17. The highest BCUT2D eigenvalue weighted by molar-refractivity contribution is 7.90. The number of rotatable bonds is 4. The lowest BCUT2D eigenvalue weighted by molar-refractivity contribution is 0.591. The Hall–Kier alpha value is -1.88. The van der Waals surface area contributed by atoms with Gasteiger partial charge in [0.1, 0.15) is 5.82 Å². The molecular formula is C15H16FNO2S. The predicted molar refractivity (Wildman–Crippen MR) is 77.5 cm³/mol. The third-order valence-corrected chi connectivity index (χ3v) is 4.80. The Morgan fingerprint density at radius 2 is 1.65 bits per heavy atom. The standard InChI is InChI=1S/C15H16FNO2S/c1-2-11-3-5-12(6-4-11)10-20(18,19)13-7-8-15(17)14(16)9-13/h3-9H,2,10,17H2,1H3. The Kier molecular flexibility index (Phi) is 4.09. The van der Waals surface area contributed by atoms with Gasteiger partial charge in [0.15, 0.2) is 9.84 Å². The van der Waals surface area contributed by atoms with Crippen LogP contribution in [0.3, 0.4) is 0 Å². The van der Waals surface area contributed by atoms with Crippen LogP contribution in [0.4, 0.5) is 10.1 Å². The number of halogens is 1. The first-order valence-corrected chi connectivity index (χ1v) is 7.93. The zero-order valence-corrected chi connectivity index (χ0v) is 12.0. The molecule has 0 aliphatic rings. The van der Waals surface area contributed by atoms with Crippen molar-refractivity contribution < 1.29 is 12.8 Å². The molecule has 0 radical (unpaired) electrons. The first kappa shape index (κ1) is 14.5. The highest BCUT2D eigenvalue weighted by Gasteiger charge is 2.16. The van der Waals surface area contributed by atoms with Gasteiger partial charge in [-0.25, -0.2) is 12.8 Å². The van der Waals surface area contributed by atoms with Gasteiger partial charge >= 0.3 is 0 Å². The minimum absolute atomic E-state index is 0.0521. The largest absolute Gasteiger partial charge is 0.396 e. The summed E-state index contributed by atoms with van der Waals surface area (Å²) in [6, 6.07) is 10.9. The maximum absolute atomic E-state index is 13.4. The number of hydrogen-bond donors (Lipinski definition) is 1. The van der Waals surface area contributed by atoms with E-state index in [9.17, 15) is 12.8 Å². The number of nitrogens with two attached hydrogens (primary N) is 1. The number of hydrogen-bond acceptors (Lipinski definition) is 3. The summed E-state index contributed by atoms with van der Waals surface area (Å²) in [6.45, 7) is 2.03. The van der Waals surface area contributed by atoms with Crippen LogP contribution in [0.1, 0.15) is 18.1 Å². The van der Waals surface area contributed by atoms with Crippen LogP contribution in [-0.4, -0.2) is 8.42 Å². The van der Waals surface area contributed by atoms with Crippen LogP contribution in [-0.2, 0) is 22.0 Å². The van der Waals surface area contributed by atoms with Gasteiger partial charge in [0, 0.05) is 0 Å². The van der Waals surface area contributed by atoms with Crippen LogP contribution >= 0.6 is 0 Å². The van der Waals surface area contributed by atoms with Gasteiger partial charge in [-0.05, 0) is 35.7 Å². The molecule has 3 nitrogen and oxygen atoms in total. The molecule has 0 bridgehead atoms. The minimum Gasteiger partial charge on any atom is -0.396 e. The first-order valence-electron chi connectivity index (χ1n) is 6.28. The van der Waals surface area contributed by atoms with Crippen LogP contribution in [0.25, 0.3) is 0 Å². The minimum atomic E-state index is -3.57. The number of nitrogen functional groups attached to an aromatic ring is 1. The van der Waals surface area contributed by atoms with Crippen molar-refractivity contribution in [1.29, 1.82) is 0 Å². The van der Waals surface area contributed by atoms with Crippen molar-refractivity contribution in [3.05, 3.63) is 59.4 Å². The van der Waals surface area contributed by atoms with Gasteiger partial charge in [0.05, 0.1) is 16.3 Å². The fourth-order valence-electron chi connectivity index (χ4n) is 1.88. The van der Waals surface area contributed by atoms with Crippen LogP contribution in [0.15, 0.2) is 47.4 Å². The van der Waals surface area contributed by atoms with E-state index < -0.39 is 15.7 Å². The summed E-state index contributed by atoms with van der Waals surface area (Å²) >= 11 is 0. The van der Waals surface area contributed by atoms with Crippen LogP contribution in [0, 0.1) is 5.82 Å². The molecule has 5 heteroatoms. The van der Waals surface area contributed by atoms with Crippen molar-refractivity contribution in [2.45, 2.75) is 24.0 Å². The van der Waals surface area contributed by atoms with E-state index in [0.29, 0.717) is 5.56 Å². The van der Waals surface area contributed by atoms with Gasteiger partial charge in [-0.1, -0.05) is 31.2 Å². The van der Waals surface area contributed by atoms with Crippen LogP contribution in [0.5, 0.6) is 0 Å². The third-order valence-electron chi connectivity index (χ3n) is 3.12. The van der Waals surface area contributed by atoms with Crippen molar-refractivity contribution in [1.82, 2.24) is 0 Å². The van der Waals surface area contributed by atoms with E-state index in [1.807, 2.05) is 19.1 Å². The molecule has 0 fully saturated rings. The molecule has 0 saturated carbocycles. The van der Waals surface area contributed by atoms with Crippen molar-refractivity contribution in [3.63, 3.8) is 0 Å². The van der Waals surface area contributed by atoms with E-state index in [0.717, 1.165) is 18.1 Å². The maximum atomic E-state index is 13.4. The van der Waals surface area contributed by atoms with Crippen molar-refractivity contribution in [2.75, 3.05) is 5.73 Å². The molecule has 20 heavy (non-hydrogen) atoms. The van der Waals surface area contributed by atoms with E-state index in [2.05, 4.69) is 0 Å². The smallest absolute Gasteiger partial charge is 0.182 e. The molecule has 0 spiro atoms. The van der Waals surface area contributed by atoms with E-state index in [1.165, 1.54) is 12.1 Å². The summed E-state index contributed by atoms with van der Waals surface area (Å²) in [5.74, 6) is -0.868. The lowest BCUT2D eigenvalue weighted by atomic mass is 10.1. The zero-order valence-electron chi connectivity index (χ0n) is 11.1. The molecular weight excluding hydrogens is 277 g/mol. The number of anilines is 1. The van der Waals surface area contributed by atoms with E-state index in [4.69, 9.17) is 5.73 Å². The molecule has 2 rings (SSSR count). The molecule has 0 unspecified atom stereocenters. The van der Waals surface area contributed by atoms with Gasteiger partial charge in [-0.3, -0.25) is 0 Å². The van der Waals surface area contributed by atoms with Crippen LogP contribution < -0.4 is 5.73 Å². The molecule has 0 aliphatic carbocycles. The topological polar surface area (TPSA) is 60.2 Å². The predicted octanol–water partition coefficient (Wildman–Crippen LogP) is 2.94. The summed E-state index contributed by atoms with van der Waals surface area (Å²) in [7, 11) is -3.57. The number of aryl methyl sites for hydroxylation is 1. The monoisotopic (exact) mass is 293 g/mol. The van der Waals surface area contributed by atoms with Gasteiger partial charge in [-0.2, -0.15) is 0 Å². The fourth-order valence-corrected chi connectivity index (χ4v) is 3.23. The second kappa shape index (κ2) is 5.63. The SMILES string of the molecule is CCc1ccc(CS(=O)(=O)c2ccc(N)c(F)c2)cc1. The summed E-state index contributed by atoms with van der Waals surface area (Å²) in [5.41, 5.74) is 7.11. The van der Waals surface area contributed by atoms with Gasteiger partial charge in [-0.15, -0.1) is 0 Å². The average Bonchev–Trinajstić information content (AvgIpc) is 2.42. The van der Waals surface area contributed by atoms with Gasteiger partial charge < -0.3 is 5.73 Å². The lowest BCUT2D eigenvalue weighted by Gasteiger charge is -2.06. The molecule has 0 atom stereocenters. The maximum Gasteiger partial charge on any atom is 0.182 e. The fraction of sp³-hybridized carbons (Fsp3) is 0.200. The van der Waals surface area contributed by atoms with E-state index >= 15 is 0 Å². The molecule has 2 N–H and O–H groups in total. The summed E-state index contributed by atoms with van der Waals surface area (Å²) in [5, 5.41) is 0. The summed E-state index contributed by atoms with van der Waals surface area (Å²) in [4.78, 5) is -0.0521. The molecule has 0 amide bonds. The van der Waals surface area contributed by atoms with Crippen LogP contribution in [0.2, 0.25) is 0 Å². The molecule has 2 aromatic rings. The van der Waals surface area contributed by atoms with Gasteiger partial charge in [0.25, 0.3) is 0 Å². The Balaban J connectivity index is 2.27. The molecule has 0 saturated heterocycles. The second-order valence-electron chi connectivity index (χ2n) is 4.61. The summed E-state index contributed by atoms with van der Waals surface area (Å²) in [6.07, 6.45) is 0.899. The normalized spacial score (nSPS) is 11.5. The summed E-state index contributed by atoms with van der Waals surface area (Å²) < 4.78 is 37.8.